The van der Waals surface area contributed by atoms with Crippen LogP contribution in [-0.2, 0) is 9.59 Å². The number of carbonyl (C=O) groups excluding carboxylic acids is 2. The summed E-state index contributed by atoms with van der Waals surface area (Å²) in [5, 5.41) is 5.91. The van der Waals surface area contributed by atoms with Crippen molar-refractivity contribution in [2.75, 3.05) is 5.32 Å². The lowest BCUT2D eigenvalue weighted by Crippen LogP contribution is -2.29. The van der Waals surface area contributed by atoms with Crippen LogP contribution in [0, 0.1) is 25.7 Å². The molecule has 2 unspecified atom stereocenters. The van der Waals surface area contributed by atoms with Crippen molar-refractivity contribution in [3.63, 3.8) is 0 Å². The van der Waals surface area contributed by atoms with E-state index in [4.69, 9.17) is 0 Å². The first-order valence-corrected chi connectivity index (χ1v) is 7.23. The molecule has 3 rings (SSSR count). The average Bonchev–Trinajstić information content (AvgIpc) is 3.26. The van der Waals surface area contributed by atoms with Crippen LogP contribution in [0.3, 0.4) is 0 Å². The van der Waals surface area contributed by atoms with E-state index in [2.05, 4.69) is 10.6 Å². The van der Waals surface area contributed by atoms with E-state index >= 15 is 0 Å². The van der Waals surface area contributed by atoms with E-state index in [1.807, 2.05) is 32.0 Å². The molecule has 2 N–H and O–H groups in total. The predicted octanol–water partition coefficient (Wildman–Crippen LogP) is 2.16. The van der Waals surface area contributed by atoms with Crippen LogP contribution in [0.4, 0.5) is 5.69 Å². The van der Waals surface area contributed by atoms with Gasteiger partial charge in [0.2, 0.25) is 11.8 Å². The maximum Gasteiger partial charge on any atom is 0.228 e. The van der Waals surface area contributed by atoms with Gasteiger partial charge in [-0.1, -0.05) is 12.1 Å². The molecule has 0 aliphatic heterocycles. The highest BCUT2D eigenvalue weighted by atomic mass is 16.2. The number of anilines is 1. The first kappa shape index (κ1) is 13.2. The van der Waals surface area contributed by atoms with Gasteiger partial charge in [-0.25, -0.2) is 0 Å². The van der Waals surface area contributed by atoms with Gasteiger partial charge < -0.3 is 10.6 Å². The number of hydrogen-bond donors (Lipinski definition) is 2. The minimum atomic E-state index is -0.159. The van der Waals surface area contributed by atoms with Crippen molar-refractivity contribution in [3.05, 3.63) is 29.3 Å². The van der Waals surface area contributed by atoms with Gasteiger partial charge in [-0.2, -0.15) is 0 Å². The van der Waals surface area contributed by atoms with Crippen molar-refractivity contribution in [3.8, 4) is 0 Å². The minimum Gasteiger partial charge on any atom is -0.353 e. The molecule has 0 spiro atoms. The zero-order valence-electron chi connectivity index (χ0n) is 11.9. The number of hydrogen-bond acceptors (Lipinski definition) is 2. The highest BCUT2D eigenvalue weighted by Gasteiger charge is 2.48. The molecule has 0 bridgehead atoms. The zero-order valence-corrected chi connectivity index (χ0v) is 11.9. The van der Waals surface area contributed by atoms with Gasteiger partial charge in [-0.05, 0) is 50.3 Å². The molecule has 0 saturated heterocycles. The maximum absolute atomic E-state index is 12.2. The number of carbonyl (C=O) groups is 2. The van der Waals surface area contributed by atoms with Gasteiger partial charge in [0.1, 0.15) is 0 Å². The van der Waals surface area contributed by atoms with Crippen LogP contribution < -0.4 is 10.6 Å². The number of amides is 2. The second-order valence-corrected chi connectivity index (χ2v) is 5.97. The van der Waals surface area contributed by atoms with Crippen molar-refractivity contribution >= 4 is 17.5 Å². The molecule has 2 aliphatic rings. The van der Waals surface area contributed by atoms with E-state index in [0.717, 1.165) is 29.7 Å². The Bertz CT molecular complexity index is 564. The summed E-state index contributed by atoms with van der Waals surface area (Å²) >= 11 is 0. The molecule has 1 aromatic carbocycles. The number of nitrogens with one attached hydrogen (secondary N) is 2. The van der Waals surface area contributed by atoms with Crippen molar-refractivity contribution in [1.82, 2.24) is 5.32 Å². The fraction of sp³-hybridized carbons (Fsp3) is 0.500. The highest BCUT2D eigenvalue weighted by Crippen LogP contribution is 2.40. The lowest BCUT2D eigenvalue weighted by atomic mass is 10.1. The molecule has 106 valence electrons. The summed E-state index contributed by atoms with van der Waals surface area (Å²) in [6.45, 7) is 4.02. The Balaban J connectivity index is 1.57. The fourth-order valence-corrected chi connectivity index (χ4v) is 2.42. The van der Waals surface area contributed by atoms with Crippen molar-refractivity contribution in [2.45, 2.75) is 39.2 Å². The highest BCUT2D eigenvalue weighted by molar-refractivity contribution is 6.00. The smallest absolute Gasteiger partial charge is 0.228 e. The number of rotatable bonds is 4. The standard InChI is InChI=1S/C16H20N2O2/c1-9-4-3-5-14(10(9)2)18-16(20)13-8-12(13)15(19)17-11-6-7-11/h3-5,11-13H,6-8H2,1-2H3,(H,17,19)(H,18,20). The van der Waals surface area contributed by atoms with Gasteiger partial charge in [-0.15, -0.1) is 0 Å². The van der Waals surface area contributed by atoms with E-state index < -0.39 is 0 Å². The van der Waals surface area contributed by atoms with E-state index in [0.29, 0.717) is 12.5 Å². The third kappa shape index (κ3) is 2.69. The topological polar surface area (TPSA) is 58.2 Å². The van der Waals surface area contributed by atoms with Crippen LogP contribution in [0.5, 0.6) is 0 Å². The largest absolute Gasteiger partial charge is 0.353 e. The molecule has 2 fully saturated rings. The van der Waals surface area contributed by atoms with Crippen LogP contribution in [-0.4, -0.2) is 17.9 Å². The van der Waals surface area contributed by atoms with Gasteiger partial charge in [0.05, 0.1) is 11.8 Å². The van der Waals surface area contributed by atoms with Gasteiger partial charge in [0, 0.05) is 11.7 Å². The molecule has 20 heavy (non-hydrogen) atoms. The molecule has 0 radical (unpaired) electrons. The van der Waals surface area contributed by atoms with E-state index in [1.54, 1.807) is 0 Å². The van der Waals surface area contributed by atoms with Gasteiger partial charge >= 0.3 is 0 Å². The summed E-state index contributed by atoms with van der Waals surface area (Å²) in [5.41, 5.74) is 3.09. The monoisotopic (exact) mass is 272 g/mol. The Kier molecular flexibility index (Phi) is 3.24. The second kappa shape index (κ2) is 4.93. The minimum absolute atomic E-state index is 0.0327. The van der Waals surface area contributed by atoms with Crippen molar-refractivity contribution in [1.29, 1.82) is 0 Å². The average molecular weight is 272 g/mol. The number of aryl methyl sites for hydroxylation is 1. The second-order valence-electron chi connectivity index (χ2n) is 5.97. The van der Waals surface area contributed by atoms with Crippen LogP contribution >= 0.6 is 0 Å². The molecule has 2 amide bonds. The van der Waals surface area contributed by atoms with Gasteiger partial charge in [0.15, 0.2) is 0 Å². The predicted molar refractivity (Wildman–Crippen MR) is 77.3 cm³/mol. The van der Waals surface area contributed by atoms with E-state index in [-0.39, 0.29) is 23.7 Å². The zero-order chi connectivity index (χ0) is 14.3. The van der Waals surface area contributed by atoms with E-state index in [9.17, 15) is 9.59 Å². The fourth-order valence-electron chi connectivity index (χ4n) is 2.42. The Morgan fingerprint density at radius 2 is 1.80 bits per heavy atom. The quantitative estimate of drug-likeness (QED) is 0.882. The normalized spacial score (nSPS) is 24.1. The molecule has 0 aromatic heterocycles. The van der Waals surface area contributed by atoms with E-state index in [1.165, 1.54) is 0 Å². The summed E-state index contributed by atoms with van der Waals surface area (Å²) in [6, 6.07) is 6.23. The molecule has 1 aromatic rings. The lowest BCUT2D eigenvalue weighted by molar-refractivity contribution is -0.125. The molecular formula is C16H20N2O2. The third-order valence-corrected chi connectivity index (χ3v) is 4.25. The van der Waals surface area contributed by atoms with Crippen LogP contribution in [0.15, 0.2) is 18.2 Å². The first-order valence-electron chi connectivity index (χ1n) is 7.23. The summed E-state index contributed by atoms with van der Waals surface area (Å²) < 4.78 is 0. The summed E-state index contributed by atoms with van der Waals surface area (Å²) in [6.07, 6.45) is 2.84. The molecule has 4 nitrogen and oxygen atoms in total. The van der Waals surface area contributed by atoms with Crippen LogP contribution in [0.1, 0.15) is 30.4 Å². The Hall–Kier alpha value is -1.84. The molecule has 2 saturated carbocycles. The summed E-state index contributed by atoms with van der Waals surface area (Å²) in [7, 11) is 0. The Morgan fingerprint density at radius 3 is 2.50 bits per heavy atom. The van der Waals surface area contributed by atoms with Crippen LogP contribution in [0.2, 0.25) is 0 Å². The molecule has 2 aliphatic carbocycles. The Morgan fingerprint density at radius 1 is 1.10 bits per heavy atom. The van der Waals surface area contributed by atoms with Gasteiger partial charge in [-0.3, -0.25) is 9.59 Å². The Labute approximate surface area is 118 Å². The summed E-state index contributed by atoms with van der Waals surface area (Å²) in [4.78, 5) is 24.0. The SMILES string of the molecule is Cc1cccc(NC(=O)C2CC2C(=O)NC2CC2)c1C. The van der Waals surface area contributed by atoms with Gasteiger partial charge in [0.25, 0.3) is 0 Å². The van der Waals surface area contributed by atoms with Crippen molar-refractivity contribution < 1.29 is 9.59 Å². The molecular weight excluding hydrogens is 252 g/mol. The lowest BCUT2D eigenvalue weighted by Gasteiger charge is -2.10. The van der Waals surface area contributed by atoms with Crippen LogP contribution in [0.25, 0.3) is 0 Å². The summed E-state index contributed by atoms with van der Waals surface area (Å²) in [5.74, 6) is -0.266. The molecule has 4 heteroatoms. The number of benzene rings is 1. The molecule has 2 atom stereocenters. The molecule has 0 heterocycles. The van der Waals surface area contributed by atoms with Crippen molar-refractivity contribution in [2.24, 2.45) is 11.8 Å². The first-order chi connectivity index (χ1) is 9.56. The maximum atomic E-state index is 12.2. The third-order valence-electron chi connectivity index (χ3n) is 4.25.